The molecular weight excluding hydrogens is 266 g/mol. The van der Waals surface area contributed by atoms with E-state index in [1.807, 2.05) is 18.2 Å². The smallest absolute Gasteiger partial charge is 0.137 e. The lowest BCUT2D eigenvalue weighted by atomic mass is 10.1. The minimum Gasteiger partial charge on any atom is -0.308 e. The van der Waals surface area contributed by atoms with E-state index >= 15 is 0 Å². The van der Waals surface area contributed by atoms with E-state index in [1.54, 1.807) is 11.3 Å². The van der Waals surface area contributed by atoms with Crippen molar-refractivity contribution >= 4 is 17.0 Å². The van der Waals surface area contributed by atoms with Gasteiger partial charge in [0.1, 0.15) is 5.65 Å². The molecule has 0 bridgehead atoms. The number of thiophene rings is 1. The van der Waals surface area contributed by atoms with E-state index in [1.165, 1.54) is 11.3 Å². The summed E-state index contributed by atoms with van der Waals surface area (Å²) in [6.45, 7) is 5.16. The Morgan fingerprint density at radius 2 is 2.25 bits per heavy atom. The zero-order chi connectivity index (χ0) is 13.9. The second-order valence-electron chi connectivity index (χ2n) is 5.19. The van der Waals surface area contributed by atoms with Crippen LogP contribution in [0, 0.1) is 6.92 Å². The molecule has 0 amide bonds. The maximum absolute atomic E-state index is 4.59. The van der Waals surface area contributed by atoms with Gasteiger partial charge in [-0.3, -0.25) is 0 Å². The van der Waals surface area contributed by atoms with Crippen LogP contribution in [-0.2, 0) is 13.0 Å². The van der Waals surface area contributed by atoms with Crippen molar-refractivity contribution in [1.82, 2.24) is 14.7 Å². The maximum Gasteiger partial charge on any atom is 0.137 e. The summed E-state index contributed by atoms with van der Waals surface area (Å²) in [7, 11) is 0. The van der Waals surface area contributed by atoms with Gasteiger partial charge in [0.05, 0.1) is 11.4 Å². The third-order valence-electron chi connectivity index (χ3n) is 3.57. The van der Waals surface area contributed by atoms with Crippen molar-refractivity contribution in [3.05, 3.63) is 58.2 Å². The van der Waals surface area contributed by atoms with Gasteiger partial charge in [-0.2, -0.15) is 11.3 Å². The van der Waals surface area contributed by atoms with Gasteiger partial charge in [0, 0.05) is 18.8 Å². The highest BCUT2D eigenvalue weighted by Gasteiger charge is 2.10. The zero-order valence-electron chi connectivity index (χ0n) is 11.8. The van der Waals surface area contributed by atoms with E-state index in [9.17, 15) is 0 Å². The SMILES string of the molecule is Cc1nc2ccccn2c1CNC(C)Cc1ccsc1. The number of rotatable bonds is 5. The largest absolute Gasteiger partial charge is 0.308 e. The molecule has 3 rings (SSSR count). The topological polar surface area (TPSA) is 29.3 Å². The van der Waals surface area contributed by atoms with Crippen molar-refractivity contribution in [2.24, 2.45) is 0 Å². The van der Waals surface area contributed by atoms with E-state index in [0.29, 0.717) is 6.04 Å². The quantitative estimate of drug-likeness (QED) is 0.778. The highest BCUT2D eigenvalue weighted by molar-refractivity contribution is 7.07. The Hall–Kier alpha value is -1.65. The van der Waals surface area contributed by atoms with Crippen molar-refractivity contribution in [2.75, 3.05) is 0 Å². The monoisotopic (exact) mass is 285 g/mol. The molecule has 1 unspecified atom stereocenters. The minimum atomic E-state index is 0.457. The van der Waals surface area contributed by atoms with Crippen molar-refractivity contribution in [2.45, 2.75) is 32.9 Å². The van der Waals surface area contributed by atoms with Crippen molar-refractivity contribution in [3.63, 3.8) is 0 Å². The molecule has 4 heteroatoms. The average molecular weight is 285 g/mol. The fourth-order valence-corrected chi connectivity index (χ4v) is 3.16. The molecule has 1 N–H and O–H groups in total. The Morgan fingerprint density at radius 1 is 1.35 bits per heavy atom. The summed E-state index contributed by atoms with van der Waals surface area (Å²) in [4.78, 5) is 4.59. The van der Waals surface area contributed by atoms with Crippen molar-refractivity contribution < 1.29 is 0 Å². The Balaban J connectivity index is 1.69. The van der Waals surface area contributed by atoms with Crippen LogP contribution < -0.4 is 5.32 Å². The van der Waals surface area contributed by atoms with E-state index in [2.05, 4.69) is 51.6 Å². The number of aromatic nitrogens is 2. The van der Waals surface area contributed by atoms with Crippen LogP contribution in [0.4, 0.5) is 0 Å². The third kappa shape index (κ3) is 2.76. The van der Waals surface area contributed by atoms with Gasteiger partial charge in [-0.15, -0.1) is 0 Å². The molecule has 0 radical (unpaired) electrons. The van der Waals surface area contributed by atoms with Gasteiger partial charge in [-0.1, -0.05) is 6.07 Å². The molecule has 0 aliphatic heterocycles. The second-order valence-corrected chi connectivity index (χ2v) is 5.97. The van der Waals surface area contributed by atoms with Crippen molar-refractivity contribution in [3.8, 4) is 0 Å². The Kier molecular flexibility index (Phi) is 3.85. The molecule has 3 heterocycles. The molecular formula is C16H19N3S. The molecule has 0 spiro atoms. The highest BCUT2D eigenvalue weighted by Crippen LogP contribution is 2.13. The van der Waals surface area contributed by atoms with Gasteiger partial charge in [0.25, 0.3) is 0 Å². The second kappa shape index (κ2) is 5.77. The number of pyridine rings is 1. The number of imidazole rings is 1. The predicted octanol–water partition coefficient (Wildman–Crippen LogP) is 3.43. The number of hydrogen-bond acceptors (Lipinski definition) is 3. The van der Waals surface area contributed by atoms with Crippen LogP contribution in [0.5, 0.6) is 0 Å². The summed E-state index contributed by atoms with van der Waals surface area (Å²) in [5, 5.41) is 7.96. The van der Waals surface area contributed by atoms with Gasteiger partial charge < -0.3 is 9.72 Å². The molecule has 104 valence electrons. The molecule has 0 saturated heterocycles. The number of aryl methyl sites for hydroxylation is 1. The molecule has 0 fully saturated rings. The van der Waals surface area contributed by atoms with E-state index in [0.717, 1.165) is 24.3 Å². The summed E-state index contributed by atoms with van der Waals surface area (Å²) in [6.07, 6.45) is 3.15. The Labute approximate surface area is 123 Å². The molecule has 3 aromatic rings. The fourth-order valence-electron chi connectivity index (χ4n) is 2.48. The third-order valence-corrected chi connectivity index (χ3v) is 4.30. The van der Waals surface area contributed by atoms with Crippen LogP contribution >= 0.6 is 11.3 Å². The molecule has 1 atom stereocenters. The first-order valence-electron chi connectivity index (χ1n) is 6.91. The van der Waals surface area contributed by atoms with Gasteiger partial charge in [-0.25, -0.2) is 4.98 Å². The summed E-state index contributed by atoms with van der Waals surface area (Å²) in [6, 6.07) is 8.77. The molecule has 0 aromatic carbocycles. The van der Waals surface area contributed by atoms with Gasteiger partial charge in [0.2, 0.25) is 0 Å². The standard InChI is InChI=1S/C16H19N3S/c1-12(9-14-6-8-20-11-14)17-10-15-13(2)18-16-5-3-4-7-19(15)16/h3-8,11-12,17H,9-10H2,1-2H3. The van der Waals surface area contributed by atoms with Gasteiger partial charge >= 0.3 is 0 Å². The number of hydrogen-bond donors (Lipinski definition) is 1. The lowest BCUT2D eigenvalue weighted by Crippen LogP contribution is -2.28. The van der Waals surface area contributed by atoms with Crippen LogP contribution in [0.1, 0.15) is 23.9 Å². The summed E-state index contributed by atoms with van der Waals surface area (Å²) >= 11 is 1.76. The van der Waals surface area contributed by atoms with Crippen LogP contribution in [0.3, 0.4) is 0 Å². The van der Waals surface area contributed by atoms with E-state index < -0.39 is 0 Å². The molecule has 0 aliphatic rings. The van der Waals surface area contributed by atoms with Gasteiger partial charge in [0.15, 0.2) is 0 Å². The number of nitrogens with one attached hydrogen (secondary N) is 1. The van der Waals surface area contributed by atoms with Crippen molar-refractivity contribution in [1.29, 1.82) is 0 Å². The van der Waals surface area contributed by atoms with Crippen LogP contribution in [0.25, 0.3) is 5.65 Å². The molecule has 20 heavy (non-hydrogen) atoms. The zero-order valence-corrected chi connectivity index (χ0v) is 12.7. The van der Waals surface area contributed by atoms with E-state index in [-0.39, 0.29) is 0 Å². The molecule has 0 aliphatic carbocycles. The average Bonchev–Trinajstić information content (AvgIpc) is 3.03. The van der Waals surface area contributed by atoms with Crippen LogP contribution in [-0.4, -0.2) is 15.4 Å². The first-order valence-corrected chi connectivity index (χ1v) is 7.85. The number of fused-ring (bicyclic) bond motifs is 1. The molecule has 3 aromatic heterocycles. The summed E-state index contributed by atoms with van der Waals surface area (Å²) in [5.41, 5.74) is 4.78. The van der Waals surface area contributed by atoms with Crippen LogP contribution in [0.15, 0.2) is 41.2 Å². The maximum atomic E-state index is 4.59. The first kappa shape index (κ1) is 13.3. The minimum absolute atomic E-state index is 0.457. The Morgan fingerprint density at radius 3 is 3.05 bits per heavy atom. The Bertz CT molecular complexity index is 685. The first-order chi connectivity index (χ1) is 9.74. The summed E-state index contributed by atoms with van der Waals surface area (Å²) in [5.74, 6) is 0. The molecule has 3 nitrogen and oxygen atoms in total. The van der Waals surface area contributed by atoms with Crippen LogP contribution in [0.2, 0.25) is 0 Å². The van der Waals surface area contributed by atoms with Gasteiger partial charge in [-0.05, 0) is 54.8 Å². The highest BCUT2D eigenvalue weighted by atomic mass is 32.1. The molecule has 0 saturated carbocycles. The summed E-state index contributed by atoms with van der Waals surface area (Å²) < 4.78 is 2.17. The fraction of sp³-hybridized carbons (Fsp3) is 0.312. The lowest BCUT2D eigenvalue weighted by molar-refractivity contribution is 0.538. The lowest BCUT2D eigenvalue weighted by Gasteiger charge is -2.13. The predicted molar refractivity (Wildman–Crippen MR) is 84.3 cm³/mol. The van der Waals surface area contributed by atoms with E-state index in [4.69, 9.17) is 0 Å². The normalized spacial score (nSPS) is 12.9. The number of nitrogens with zero attached hydrogens (tertiary/aromatic N) is 2.